The molecule has 152 valence electrons. The number of thioether (sulfide) groups is 1. The first-order valence-corrected chi connectivity index (χ1v) is 11.7. The molecule has 1 fully saturated rings. The first-order chi connectivity index (χ1) is 14.1. The second-order valence-corrected chi connectivity index (χ2v) is 9.24. The zero-order chi connectivity index (χ0) is 20.4. The maximum Gasteiger partial charge on any atom is 0.256 e. The molecular weight excluding hydrogens is 448 g/mol. The van der Waals surface area contributed by atoms with Gasteiger partial charge in [0.05, 0.1) is 22.7 Å². The highest BCUT2D eigenvalue weighted by molar-refractivity contribution is 9.10. The minimum atomic E-state index is 0.142. The summed E-state index contributed by atoms with van der Waals surface area (Å²) in [7, 11) is 3.71. The molecule has 0 radical (unpaired) electrons. The summed E-state index contributed by atoms with van der Waals surface area (Å²) in [5.41, 5.74) is 2.92. The number of benzene rings is 2. The van der Waals surface area contributed by atoms with Crippen LogP contribution in [0, 0.1) is 0 Å². The Balaban J connectivity index is 1.80. The number of nitrogens with zero attached hydrogens (tertiary/aromatic N) is 2. The van der Waals surface area contributed by atoms with Crippen LogP contribution in [0.4, 0.5) is 0 Å². The van der Waals surface area contributed by atoms with Crippen molar-refractivity contribution in [1.82, 2.24) is 9.47 Å². The lowest BCUT2D eigenvalue weighted by Gasteiger charge is -2.27. The largest absolute Gasteiger partial charge is 0.496 e. The minimum absolute atomic E-state index is 0.142. The lowest BCUT2D eigenvalue weighted by Crippen LogP contribution is -2.36. The highest BCUT2D eigenvalue weighted by Crippen LogP contribution is 2.37. The molecule has 3 aromatic rings. The Bertz CT molecular complexity index is 1030. The first kappa shape index (κ1) is 20.4. The van der Waals surface area contributed by atoms with Gasteiger partial charge < -0.3 is 14.2 Å². The van der Waals surface area contributed by atoms with Crippen LogP contribution >= 0.6 is 27.7 Å². The number of carbonyl (C=O) groups is 1. The van der Waals surface area contributed by atoms with Gasteiger partial charge in [0, 0.05) is 41.9 Å². The highest BCUT2D eigenvalue weighted by atomic mass is 79.9. The Hall–Kier alpha value is -1.92. The second kappa shape index (κ2) is 8.84. The molecule has 2 heterocycles. The van der Waals surface area contributed by atoms with E-state index in [-0.39, 0.29) is 5.91 Å². The van der Waals surface area contributed by atoms with Crippen LogP contribution in [0.5, 0.6) is 5.75 Å². The maximum atomic E-state index is 13.6. The van der Waals surface area contributed by atoms with E-state index in [9.17, 15) is 4.79 Å². The Kier molecular flexibility index (Phi) is 6.20. The third-order valence-corrected chi connectivity index (χ3v) is 7.21. The molecule has 1 aliphatic heterocycles. The van der Waals surface area contributed by atoms with Gasteiger partial charge in [-0.1, -0.05) is 18.2 Å². The van der Waals surface area contributed by atoms with Gasteiger partial charge in [0.25, 0.3) is 5.91 Å². The number of amides is 1. The van der Waals surface area contributed by atoms with E-state index < -0.39 is 0 Å². The smallest absolute Gasteiger partial charge is 0.256 e. The molecule has 4 nitrogen and oxygen atoms in total. The molecule has 1 aromatic heterocycles. The lowest BCUT2D eigenvalue weighted by molar-refractivity contribution is 0.0725. The van der Waals surface area contributed by atoms with Gasteiger partial charge in [-0.25, -0.2) is 0 Å². The topological polar surface area (TPSA) is 34.5 Å². The number of aryl methyl sites for hydroxylation is 1. The molecule has 29 heavy (non-hydrogen) atoms. The summed E-state index contributed by atoms with van der Waals surface area (Å²) in [4.78, 5) is 16.8. The van der Waals surface area contributed by atoms with Crippen LogP contribution in [-0.4, -0.2) is 35.6 Å². The molecule has 1 saturated heterocycles. The van der Waals surface area contributed by atoms with Crippen molar-refractivity contribution in [3.63, 3.8) is 0 Å². The molecule has 4 rings (SSSR count). The SMILES string of the molecule is COc1cc2c(C(=O)N3CCCCC3)c(CSc3ccccc3)n(C)c2cc1Br. The van der Waals surface area contributed by atoms with Crippen molar-refractivity contribution in [2.24, 2.45) is 7.05 Å². The van der Waals surface area contributed by atoms with Gasteiger partial charge >= 0.3 is 0 Å². The van der Waals surface area contributed by atoms with Crippen molar-refractivity contribution in [3.8, 4) is 5.75 Å². The number of likely N-dealkylation sites (tertiary alicyclic amines) is 1. The average molecular weight is 473 g/mol. The Morgan fingerprint density at radius 1 is 1.14 bits per heavy atom. The van der Waals surface area contributed by atoms with E-state index in [0.29, 0.717) is 0 Å². The molecule has 0 aliphatic carbocycles. The van der Waals surface area contributed by atoms with Gasteiger partial charge in [0.2, 0.25) is 0 Å². The van der Waals surface area contributed by atoms with Crippen LogP contribution in [0.25, 0.3) is 10.9 Å². The van der Waals surface area contributed by atoms with Crippen molar-refractivity contribution >= 4 is 44.5 Å². The Morgan fingerprint density at radius 2 is 1.86 bits per heavy atom. The standard InChI is InChI=1S/C23H25BrN2O2S/c1-25-19-14-18(24)21(28-2)13-17(19)22(23(27)26-11-7-4-8-12-26)20(25)15-29-16-9-5-3-6-10-16/h3,5-6,9-10,13-14H,4,7-8,11-12,15H2,1-2H3. The predicted octanol–water partition coefficient (Wildman–Crippen LogP) is 5.87. The summed E-state index contributed by atoms with van der Waals surface area (Å²) in [6, 6.07) is 14.4. The van der Waals surface area contributed by atoms with Gasteiger partial charge in [-0.15, -0.1) is 11.8 Å². The highest BCUT2D eigenvalue weighted by Gasteiger charge is 2.27. The molecule has 0 unspecified atom stereocenters. The number of halogens is 1. The molecule has 1 aliphatic rings. The third kappa shape index (κ3) is 4.05. The fourth-order valence-corrected chi connectivity index (χ4v) is 5.46. The van der Waals surface area contributed by atoms with Crippen LogP contribution in [0.3, 0.4) is 0 Å². The lowest BCUT2D eigenvalue weighted by atomic mass is 10.1. The van der Waals surface area contributed by atoms with E-state index in [0.717, 1.165) is 64.1 Å². The molecule has 0 N–H and O–H groups in total. The number of aromatic nitrogens is 1. The number of rotatable bonds is 5. The van der Waals surface area contributed by atoms with Gasteiger partial charge in [-0.2, -0.15) is 0 Å². The van der Waals surface area contributed by atoms with Crippen LogP contribution in [0.2, 0.25) is 0 Å². The summed E-state index contributed by atoms with van der Waals surface area (Å²) >= 11 is 5.36. The van der Waals surface area contributed by atoms with Crippen molar-refractivity contribution in [2.45, 2.75) is 29.9 Å². The third-order valence-electron chi connectivity index (χ3n) is 5.57. The summed E-state index contributed by atoms with van der Waals surface area (Å²) < 4.78 is 8.58. The van der Waals surface area contributed by atoms with Gasteiger partial charge in [-0.3, -0.25) is 4.79 Å². The molecule has 1 amide bonds. The Labute approximate surface area is 184 Å². The zero-order valence-corrected chi connectivity index (χ0v) is 19.2. The van der Waals surface area contributed by atoms with Crippen LogP contribution in [0.15, 0.2) is 51.8 Å². The monoisotopic (exact) mass is 472 g/mol. The van der Waals surface area contributed by atoms with Crippen LogP contribution in [0.1, 0.15) is 35.3 Å². The second-order valence-electron chi connectivity index (χ2n) is 7.34. The number of ether oxygens (including phenoxy) is 1. The number of hydrogen-bond donors (Lipinski definition) is 0. The molecule has 2 aromatic carbocycles. The van der Waals surface area contributed by atoms with Crippen molar-refractivity contribution < 1.29 is 9.53 Å². The zero-order valence-electron chi connectivity index (χ0n) is 16.8. The number of hydrogen-bond acceptors (Lipinski definition) is 3. The van der Waals surface area contributed by atoms with Crippen LogP contribution in [-0.2, 0) is 12.8 Å². The summed E-state index contributed by atoms with van der Waals surface area (Å²) in [5.74, 6) is 1.63. The number of piperidine rings is 1. The fraction of sp³-hybridized carbons (Fsp3) is 0.348. The maximum absolute atomic E-state index is 13.6. The molecule has 0 saturated carbocycles. The van der Waals surface area contributed by atoms with E-state index >= 15 is 0 Å². The van der Waals surface area contributed by atoms with E-state index in [1.54, 1.807) is 18.9 Å². The van der Waals surface area contributed by atoms with Gasteiger partial charge in [0.15, 0.2) is 0 Å². The molecule has 0 atom stereocenters. The average Bonchev–Trinajstić information content (AvgIpc) is 3.03. The number of carbonyl (C=O) groups excluding carboxylic acids is 1. The van der Waals surface area contributed by atoms with E-state index in [4.69, 9.17) is 4.74 Å². The van der Waals surface area contributed by atoms with Crippen molar-refractivity contribution in [3.05, 3.63) is 58.2 Å². The molecular formula is C23H25BrN2O2S. The van der Waals surface area contributed by atoms with Gasteiger partial charge in [0.1, 0.15) is 5.75 Å². The summed E-state index contributed by atoms with van der Waals surface area (Å²) in [6.45, 7) is 1.68. The quantitative estimate of drug-likeness (QED) is 0.435. The normalized spacial score (nSPS) is 14.4. The number of methoxy groups -OCH3 is 1. The van der Waals surface area contributed by atoms with E-state index in [1.165, 1.54) is 11.3 Å². The predicted molar refractivity (Wildman–Crippen MR) is 123 cm³/mol. The fourth-order valence-electron chi connectivity index (χ4n) is 3.98. The van der Waals surface area contributed by atoms with Gasteiger partial charge in [-0.05, 0) is 59.5 Å². The number of fused-ring (bicyclic) bond motifs is 1. The Morgan fingerprint density at radius 3 is 2.55 bits per heavy atom. The molecule has 0 bridgehead atoms. The molecule has 0 spiro atoms. The van der Waals surface area contributed by atoms with Crippen molar-refractivity contribution in [1.29, 1.82) is 0 Å². The first-order valence-electron chi connectivity index (χ1n) is 9.92. The summed E-state index contributed by atoms with van der Waals surface area (Å²) in [6.07, 6.45) is 3.37. The van der Waals surface area contributed by atoms with Crippen LogP contribution < -0.4 is 4.74 Å². The van der Waals surface area contributed by atoms with E-state index in [2.05, 4.69) is 45.7 Å². The van der Waals surface area contributed by atoms with Crippen molar-refractivity contribution in [2.75, 3.05) is 20.2 Å². The van der Waals surface area contributed by atoms with E-state index in [1.807, 2.05) is 29.2 Å². The minimum Gasteiger partial charge on any atom is -0.496 e. The molecule has 6 heteroatoms. The summed E-state index contributed by atoms with van der Waals surface area (Å²) in [5, 5.41) is 0.965.